The lowest BCUT2D eigenvalue weighted by atomic mass is 10.00. The Kier molecular flexibility index (Phi) is 2.52. The third kappa shape index (κ3) is 2.21. The Morgan fingerprint density at radius 1 is 1.20 bits per heavy atom. The van der Waals surface area contributed by atoms with E-state index in [0.717, 1.165) is 17.4 Å². The van der Waals surface area contributed by atoms with E-state index in [4.69, 9.17) is 0 Å². The van der Waals surface area contributed by atoms with Crippen LogP contribution in [0.25, 0.3) is 0 Å². The standard InChI is InChI=1S/C13H24N2/c1-11-4-8-15(9-7-14-11)10-13(5-6-13)12-2-3-12/h11-12,14H,2-10H2,1H3. The monoisotopic (exact) mass is 208 g/mol. The summed E-state index contributed by atoms with van der Waals surface area (Å²) in [4.78, 5) is 2.72. The fourth-order valence-electron chi connectivity index (χ4n) is 3.21. The summed E-state index contributed by atoms with van der Waals surface area (Å²) in [6, 6.07) is 0.728. The Labute approximate surface area is 93.4 Å². The van der Waals surface area contributed by atoms with Gasteiger partial charge in [0.2, 0.25) is 0 Å². The maximum atomic E-state index is 3.58. The van der Waals surface area contributed by atoms with Crippen LogP contribution < -0.4 is 5.32 Å². The first-order chi connectivity index (χ1) is 7.28. The SMILES string of the molecule is CC1CCN(CC2(C3CC3)CC2)CCN1. The van der Waals surface area contributed by atoms with Crippen molar-refractivity contribution >= 4 is 0 Å². The first kappa shape index (κ1) is 10.1. The van der Waals surface area contributed by atoms with E-state index in [2.05, 4.69) is 17.1 Å². The highest BCUT2D eigenvalue weighted by Crippen LogP contribution is 2.61. The number of rotatable bonds is 3. The molecule has 1 saturated heterocycles. The van der Waals surface area contributed by atoms with Crippen LogP contribution in [-0.2, 0) is 0 Å². The second-order valence-corrected chi connectivity index (χ2v) is 6.06. The smallest absolute Gasteiger partial charge is 0.0107 e. The van der Waals surface area contributed by atoms with E-state index < -0.39 is 0 Å². The van der Waals surface area contributed by atoms with Gasteiger partial charge in [-0.1, -0.05) is 0 Å². The molecule has 0 aromatic rings. The van der Waals surface area contributed by atoms with Gasteiger partial charge in [0.25, 0.3) is 0 Å². The zero-order valence-electron chi connectivity index (χ0n) is 9.97. The maximum Gasteiger partial charge on any atom is 0.0107 e. The molecular weight excluding hydrogens is 184 g/mol. The van der Waals surface area contributed by atoms with Crippen LogP contribution in [-0.4, -0.2) is 37.1 Å². The first-order valence-electron chi connectivity index (χ1n) is 6.74. The van der Waals surface area contributed by atoms with Crippen molar-refractivity contribution in [3.8, 4) is 0 Å². The molecule has 0 aromatic carbocycles. The summed E-state index contributed by atoms with van der Waals surface area (Å²) >= 11 is 0. The minimum Gasteiger partial charge on any atom is -0.313 e. The molecule has 1 N–H and O–H groups in total. The summed E-state index contributed by atoms with van der Waals surface area (Å²) in [5.74, 6) is 1.12. The summed E-state index contributed by atoms with van der Waals surface area (Å²) in [7, 11) is 0. The zero-order chi connectivity index (χ0) is 10.3. The molecule has 0 amide bonds. The lowest BCUT2D eigenvalue weighted by Crippen LogP contribution is -2.34. The quantitative estimate of drug-likeness (QED) is 0.761. The van der Waals surface area contributed by atoms with E-state index in [1.807, 2.05) is 0 Å². The van der Waals surface area contributed by atoms with Gasteiger partial charge in [-0.25, -0.2) is 0 Å². The van der Waals surface area contributed by atoms with Gasteiger partial charge in [-0.05, 0) is 56.9 Å². The topological polar surface area (TPSA) is 15.3 Å². The van der Waals surface area contributed by atoms with E-state index in [-0.39, 0.29) is 0 Å². The van der Waals surface area contributed by atoms with Gasteiger partial charge >= 0.3 is 0 Å². The fraction of sp³-hybridized carbons (Fsp3) is 1.00. The maximum absolute atomic E-state index is 3.58. The van der Waals surface area contributed by atoms with Gasteiger partial charge in [0, 0.05) is 25.7 Å². The van der Waals surface area contributed by atoms with E-state index in [0.29, 0.717) is 0 Å². The summed E-state index contributed by atoms with van der Waals surface area (Å²) in [6.07, 6.45) is 7.44. The van der Waals surface area contributed by atoms with Crippen LogP contribution in [0.5, 0.6) is 0 Å². The van der Waals surface area contributed by atoms with Crippen molar-refractivity contribution in [1.29, 1.82) is 0 Å². The van der Waals surface area contributed by atoms with E-state index in [9.17, 15) is 0 Å². The average molecular weight is 208 g/mol. The third-order valence-electron chi connectivity index (χ3n) is 4.67. The minimum absolute atomic E-state index is 0.728. The molecule has 2 saturated carbocycles. The molecule has 1 atom stereocenters. The number of hydrogen-bond donors (Lipinski definition) is 1. The van der Waals surface area contributed by atoms with Crippen molar-refractivity contribution in [2.45, 2.75) is 45.1 Å². The minimum atomic E-state index is 0.728. The molecule has 3 rings (SSSR count). The number of hydrogen-bond acceptors (Lipinski definition) is 2. The molecule has 0 spiro atoms. The van der Waals surface area contributed by atoms with Gasteiger partial charge in [-0.3, -0.25) is 0 Å². The zero-order valence-corrected chi connectivity index (χ0v) is 9.97. The van der Waals surface area contributed by atoms with Crippen LogP contribution in [0.4, 0.5) is 0 Å². The van der Waals surface area contributed by atoms with Crippen LogP contribution in [0.3, 0.4) is 0 Å². The third-order valence-corrected chi connectivity index (χ3v) is 4.67. The largest absolute Gasteiger partial charge is 0.313 e. The van der Waals surface area contributed by atoms with Crippen molar-refractivity contribution < 1.29 is 0 Å². The Morgan fingerprint density at radius 2 is 2.00 bits per heavy atom. The second-order valence-electron chi connectivity index (χ2n) is 6.06. The molecule has 2 aliphatic carbocycles. The highest BCUT2D eigenvalue weighted by Gasteiger charge is 2.54. The van der Waals surface area contributed by atoms with Crippen molar-refractivity contribution in [3.05, 3.63) is 0 Å². The normalized spacial score (nSPS) is 36.2. The Balaban J connectivity index is 1.53. The molecule has 15 heavy (non-hydrogen) atoms. The molecule has 1 aliphatic heterocycles. The predicted octanol–water partition coefficient (Wildman–Crippen LogP) is 1.86. The first-order valence-corrected chi connectivity index (χ1v) is 6.74. The summed E-state index contributed by atoms with van der Waals surface area (Å²) in [5.41, 5.74) is 0.799. The molecule has 2 heteroatoms. The van der Waals surface area contributed by atoms with Gasteiger partial charge in [0.05, 0.1) is 0 Å². The molecule has 0 aromatic heterocycles. The molecule has 1 unspecified atom stereocenters. The predicted molar refractivity (Wildman–Crippen MR) is 62.9 cm³/mol. The summed E-state index contributed by atoms with van der Waals surface area (Å²) in [5, 5.41) is 3.58. The van der Waals surface area contributed by atoms with Crippen LogP contribution in [0.2, 0.25) is 0 Å². The Hall–Kier alpha value is -0.0800. The average Bonchev–Trinajstić information content (AvgIpc) is 3.01. The van der Waals surface area contributed by atoms with Crippen LogP contribution in [0.15, 0.2) is 0 Å². The Morgan fingerprint density at radius 3 is 2.67 bits per heavy atom. The molecule has 0 bridgehead atoms. The highest BCUT2D eigenvalue weighted by atomic mass is 15.2. The second kappa shape index (κ2) is 3.74. The lowest BCUT2D eigenvalue weighted by Gasteiger charge is -2.25. The van der Waals surface area contributed by atoms with Crippen LogP contribution >= 0.6 is 0 Å². The molecule has 86 valence electrons. The van der Waals surface area contributed by atoms with Crippen molar-refractivity contribution in [2.75, 3.05) is 26.2 Å². The Bertz CT molecular complexity index is 231. The van der Waals surface area contributed by atoms with E-state index in [1.54, 1.807) is 0 Å². The van der Waals surface area contributed by atoms with E-state index >= 15 is 0 Å². The number of nitrogens with one attached hydrogen (secondary N) is 1. The van der Waals surface area contributed by atoms with Crippen molar-refractivity contribution in [3.63, 3.8) is 0 Å². The molecule has 3 fully saturated rings. The summed E-state index contributed by atoms with van der Waals surface area (Å²) in [6.45, 7) is 7.52. The van der Waals surface area contributed by atoms with Gasteiger partial charge in [-0.2, -0.15) is 0 Å². The van der Waals surface area contributed by atoms with Gasteiger partial charge in [0.15, 0.2) is 0 Å². The van der Waals surface area contributed by atoms with E-state index in [1.165, 1.54) is 58.3 Å². The highest BCUT2D eigenvalue weighted by molar-refractivity contribution is 5.05. The van der Waals surface area contributed by atoms with Crippen LogP contribution in [0, 0.1) is 11.3 Å². The molecule has 2 nitrogen and oxygen atoms in total. The van der Waals surface area contributed by atoms with Crippen LogP contribution in [0.1, 0.15) is 39.0 Å². The molecule has 3 aliphatic rings. The van der Waals surface area contributed by atoms with Gasteiger partial charge in [0.1, 0.15) is 0 Å². The molecular formula is C13H24N2. The van der Waals surface area contributed by atoms with Gasteiger partial charge in [-0.15, -0.1) is 0 Å². The fourth-order valence-corrected chi connectivity index (χ4v) is 3.21. The van der Waals surface area contributed by atoms with Crippen molar-refractivity contribution in [2.24, 2.45) is 11.3 Å². The molecule has 0 radical (unpaired) electrons. The molecule has 1 heterocycles. The number of nitrogens with zero attached hydrogens (tertiary/aromatic N) is 1. The summed E-state index contributed by atoms with van der Waals surface area (Å²) < 4.78 is 0. The van der Waals surface area contributed by atoms with Crippen molar-refractivity contribution in [1.82, 2.24) is 10.2 Å². The van der Waals surface area contributed by atoms with Gasteiger partial charge < -0.3 is 10.2 Å². The lowest BCUT2D eigenvalue weighted by molar-refractivity contribution is 0.215.